The minimum atomic E-state index is -0.229. The third kappa shape index (κ3) is 2.43. The van der Waals surface area contributed by atoms with Crippen molar-refractivity contribution in [2.24, 2.45) is 0 Å². The van der Waals surface area contributed by atoms with Gasteiger partial charge in [0.25, 0.3) is 0 Å². The van der Waals surface area contributed by atoms with Crippen LogP contribution in [0.4, 0.5) is 0 Å². The van der Waals surface area contributed by atoms with Gasteiger partial charge in [0.15, 0.2) is 10.1 Å². The SMILES string of the molecule is CO[C@@]12CCC(O)CC1N(Cc1c(Cl)nc3scc(C)n13)CC2. The summed E-state index contributed by atoms with van der Waals surface area (Å²) in [6.07, 6.45) is 3.32. The van der Waals surface area contributed by atoms with Crippen LogP contribution in [-0.2, 0) is 11.3 Å². The number of ether oxygens (including phenoxy) is 1. The van der Waals surface area contributed by atoms with Crippen LogP contribution in [-0.4, -0.2) is 50.8 Å². The Labute approximate surface area is 144 Å². The molecule has 0 radical (unpaired) electrons. The number of thiazole rings is 1. The lowest BCUT2D eigenvalue weighted by Crippen LogP contribution is -2.51. The first-order valence-electron chi connectivity index (χ1n) is 8.12. The first kappa shape index (κ1) is 15.8. The fraction of sp³-hybridized carbons (Fsp3) is 0.688. The van der Waals surface area contributed by atoms with E-state index in [4.69, 9.17) is 16.3 Å². The van der Waals surface area contributed by atoms with E-state index in [0.717, 1.165) is 49.4 Å². The molecule has 3 heterocycles. The smallest absolute Gasteiger partial charge is 0.195 e. The van der Waals surface area contributed by atoms with Gasteiger partial charge in [0.1, 0.15) is 0 Å². The molecule has 3 atom stereocenters. The minimum absolute atomic E-state index is 0.112. The van der Waals surface area contributed by atoms with E-state index in [2.05, 4.69) is 26.6 Å². The van der Waals surface area contributed by atoms with Gasteiger partial charge in [-0.2, -0.15) is 0 Å². The standard InChI is InChI=1S/C16H22ClN3O2S/c1-10-9-23-15-18-14(17)12(20(10)15)8-19-6-5-16(22-2)4-3-11(21)7-13(16)19/h9,11,13,21H,3-8H2,1-2H3/t11?,13?,16-/m1/s1. The van der Waals surface area contributed by atoms with Crippen molar-refractivity contribution in [3.05, 3.63) is 21.9 Å². The van der Waals surface area contributed by atoms with E-state index in [0.29, 0.717) is 5.15 Å². The number of aromatic nitrogens is 2. The molecular formula is C16H22ClN3O2S. The largest absolute Gasteiger partial charge is 0.393 e. The summed E-state index contributed by atoms with van der Waals surface area (Å²) in [6.45, 7) is 3.80. The first-order valence-corrected chi connectivity index (χ1v) is 9.38. The van der Waals surface area contributed by atoms with E-state index >= 15 is 0 Å². The fourth-order valence-corrected chi connectivity index (χ4v) is 5.49. The highest BCUT2D eigenvalue weighted by atomic mass is 35.5. The zero-order valence-corrected chi connectivity index (χ0v) is 15.0. The van der Waals surface area contributed by atoms with Gasteiger partial charge in [-0.1, -0.05) is 11.6 Å². The summed E-state index contributed by atoms with van der Waals surface area (Å²) in [7, 11) is 1.81. The topological polar surface area (TPSA) is 50.0 Å². The summed E-state index contributed by atoms with van der Waals surface area (Å²) < 4.78 is 8.07. The van der Waals surface area contributed by atoms with Crippen molar-refractivity contribution in [1.29, 1.82) is 0 Å². The maximum atomic E-state index is 10.1. The number of likely N-dealkylation sites (tertiary alicyclic amines) is 1. The summed E-state index contributed by atoms with van der Waals surface area (Å²) in [6, 6.07) is 0.247. The van der Waals surface area contributed by atoms with Gasteiger partial charge >= 0.3 is 0 Å². The molecular weight excluding hydrogens is 334 g/mol. The molecule has 2 fully saturated rings. The van der Waals surface area contributed by atoms with Gasteiger partial charge in [-0.25, -0.2) is 4.98 Å². The number of methoxy groups -OCH3 is 1. The predicted octanol–water partition coefficient (Wildman–Crippen LogP) is 2.86. The number of halogens is 1. The van der Waals surface area contributed by atoms with Crippen molar-refractivity contribution in [1.82, 2.24) is 14.3 Å². The highest BCUT2D eigenvalue weighted by Gasteiger charge is 2.50. The molecule has 4 rings (SSSR count). The molecule has 2 aromatic heterocycles. The quantitative estimate of drug-likeness (QED) is 0.919. The van der Waals surface area contributed by atoms with Crippen molar-refractivity contribution in [2.75, 3.05) is 13.7 Å². The highest BCUT2D eigenvalue weighted by Crippen LogP contribution is 2.43. The molecule has 1 saturated carbocycles. The van der Waals surface area contributed by atoms with E-state index in [1.165, 1.54) is 5.69 Å². The Morgan fingerprint density at radius 3 is 3.13 bits per heavy atom. The van der Waals surface area contributed by atoms with E-state index in [9.17, 15) is 5.11 Å². The van der Waals surface area contributed by atoms with Crippen molar-refractivity contribution >= 4 is 27.9 Å². The lowest BCUT2D eigenvalue weighted by molar-refractivity contribution is -0.0880. The maximum absolute atomic E-state index is 10.1. The molecule has 1 aliphatic heterocycles. The van der Waals surface area contributed by atoms with E-state index in [1.54, 1.807) is 18.4 Å². The summed E-state index contributed by atoms with van der Waals surface area (Å²) in [5.41, 5.74) is 2.10. The average molecular weight is 356 g/mol. The van der Waals surface area contributed by atoms with E-state index in [1.807, 2.05) is 0 Å². The van der Waals surface area contributed by atoms with Crippen LogP contribution < -0.4 is 0 Å². The Morgan fingerprint density at radius 1 is 1.52 bits per heavy atom. The third-order valence-corrected chi connectivity index (χ3v) is 6.85. The second kappa shape index (κ2) is 5.70. The van der Waals surface area contributed by atoms with E-state index in [-0.39, 0.29) is 17.7 Å². The first-order chi connectivity index (χ1) is 11.0. The molecule has 2 unspecified atom stereocenters. The van der Waals surface area contributed by atoms with Gasteiger partial charge in [-0.15, -0.1) is 11.3 Å². The lowest BCUT2D eigenvalue weighted by atomic mass is 9.79. The molecule has 2 aliphatic rings. The van der Waals surface area contributed by atoms with Gasteiger partial charge in [0.2, 0.25) is 0 Å². The number of aryl methyl sites for hydroxylation is 1. The Morgan fingerprint density at radius 2 is 2.35 bits per heavy atom. The number of hydrogen-bond acceptors (Lipinski definition) is 5. The van der Waals surface area contributed by atoms with Gasteiger partial charge in [0, 0.05) is 37.3 Å². The number of nitrogens with zero attached hydrogens (tertiary/aromatic N) is 3. The third-order valence-electron chi connectivity index (χ3n) is 5.61. The maximum Gasteiger partial charge on any atom is 0.195 e. The Kier molecular flexibility index (Phi) is 3.93. The van der Waals surface area contributed by atoms with Crippen molar-refractivity contribution in [3.8, 4) is 0 Å². The highest BCUT2D eigenvalue weighted by molar-refractivity contribution is 7.15. The van der Waals surface area contributed by atoms with Crippen LogP contribution in [0.15, 0.2) is 5.38 Å². The molecule has 126 valence electrons. The number of hydrogen-bond donors (Lipinski definition) is 1. The van der Waals surface area contributed by atoms with Crippen molar-refractivity contribution in [3.63, 3.8) is 0 Å². The van der Waals surface area contributed by atoms with Crippen LogP contribution in [0.1, 0.15) is 37.1 Å². The molecule has 5 nitrogen and oxygen atoms in total. The van der Waals surface area contributed by atoms with Gasteiger partial charge < -0.3 is 9.84 Å². The molecule has 1 saturated heterocycles. The molecule has 0 aromatic carbocycles. The molecule has 2 aromatic rings. The molecule has 23 heavy (non-hydrogen) atoms. The van der Waals surface area contributed by atoms with Gasteiger partial charge in [-0.05, 0) is 32.6 Å². The molecule has 7 heteroatoms. The summed E-state index contributed by atoms with van der Waals surface area (Å²) in [5, 5.41) is 12.8. The minimum Gasteiger partial charge on any atom is -0.393 e. The van der Waals surface area contributed by atoms with Crippen molar-refractivity contribution in [2.45, 2.75) is 56.9 Å². The molecule has 1 N–H and O–H groups in total. The Bertz CT molecular complexity index is 730. The van der Waals surface area contributed by atoms with Crippen LogP contribution in [0.2, 0.25) is 5.15 Å². The van der Waals surface area contributed by atoms with Crippen LogP contribution in [0.3, 0.4) is 0 Å². The van der Waals surface area contributed by atoms with Crippen LogP contribution in [0.5, 0.6) is 0 Å². The average Bonchev–Trinajstić information content (AvgIpc) is 3.16. The monoisotopic (exact) mass is 355 g/mol. The normalized spacial score (nSPS) is 31.8. The Balaban J connectivity index is 1.65. The van der Waals surface area contributed by atoms with Crippen LogP contribution in [0.25, 0.3) is 4.96 Å². The number of rotatable bonds is 3. The predicted molar refractivity (Wildman–Crippen MR) is 91.2 cm³/mol. The van der Waals surface area contributed by atoms with Gasteiger partial charge in [0.05, 0.1) is 17.4 Å². The lowest BCUT2D eigenvalue weighted by Gasteiger charge is -2.42. The molecule has 0 bridgehead atoms. The number of imidazole rings is 1. The molecule has 1 aliphatic carbocycles. The van der Waals surface area contributed by atoms with Crippen molar-refractivity contribution < 1.29 is 9.84 Å². The summed E-state index contributed by atoms with van der Waals surface area (Å²) in [5.74, 6) is 0. The number of fused-ring (bicyclic) bond motifs is 2. The summed E-state index contributed by atoms with van der Waals surface area (Å²) in [4.78, 5) is 7.83. The van der Waals surface area contributed by atoms with Crippen LogP contribution in [0, 0.1) is 6.92 Å². The number of aliphatic hydroxyl groups excluding tert-OH is 1. The Hall–Kier alpha value is -0.660. The molecule has 0 spiro atoms. The zero-order valence-electron chi connectivity index (χ0n) is 13.5. The number of aliphatic hydroxyl groups is 1. The second-order valence-corrected chi connectivity index (χ2v) is 7.97. The van der Waals surface area contributed by atoms with Crippen LogP contribution >= 0.6 is 22.9 Å². The fourth-order valence-electron chi connectivity index (χ4n) is 4.33. The second-order valence-electron chi connectivity index (χ2n) is 6.78. The van der Waals surface area contributed by atoms with E-state index < -0.39 is 0 Å². The van der Waals surface area contributed by atoms with Gasteiger partial charge in [-0.3, -0.25) is 9.30 Å². The summed E-state index contributed by atoms with van der Waals surface area (Å²) >= 11 is 8.02. The molecule has 0 amide bonds. The zero-order chi connectivity index (χ0) is 16.2.